The van der Waals surface area contributed by atoms with E-state index in [0.717, 1.165) is 45.4 Å². The van der Waals surface area contributed by atoms with Gasteiger partial charge in [-0.25, -0.2) is 0 Å². The number of nitrogens with two attached hydrogens (primary N) is 1. The second-order valence-electron chi connectivity index (χ2n) is 5.91. The van der Waals surface area contributed by atoms with Gasteiger partial charge in [0.05, 0.1) is 6.04 Å². The average molecular weight is 284 g/mol. The van der Waals surface area contributed by atoms with Crippen molar-refractivity contribution in [3.63, 3.8) is 0 Å². The van der Waals surface area contributed by atoms with Gasteiger partial charge in [-0.05, 0) is 52.4 Å². The lowest BCUT2D eigenvalue weighted by molar-refractivity contribution is -0.120. The summed E-state index contributed by atoms with van der Waals surface area (Å²) in [6, 6.07) is 0.413. The van der Waals surface area contributed by atoms with Gasteiger partial charge in [0.15, 0.2) is 0 Å². The fourth-order valence-corrected chi connectivity index (χ4v) is 2.93. The van der Waals surface area contributed by atoms with Crippen LogP contribution >= 0.6 is 0 Å². The first-order chi connectivity index (χ1) is 9.58. The molecule has 1 amide bonds. The molecule has 0 aromatic heterocycles. The van der Waals surface area contributed by atoms with Crippen LogP contribution in [-0.4, -0.2) is 67.6 Å². The maximum Gasteiger partial charge on any atom is 0.234 e. The highest BCUT2D eigenvalue weighted by Gasteiger charge is 2.23. The van der Waals surface area contributed by atoms with Gasteiger partial charge < -0.3 is 16.0 Å². The van der Waals surface area contributed by atoms with E-state index in [0.29, 0.717) is 6.04 Å². The molecule has 0 saturated carbocycles. The van der Waals surface area contributed by atoms with Crippen molar-refractivity contribution in [3.05, 3.63) is 0 Å². The Balaban J connectivity index is 2.49. The molecule has 0 aromatic carbocycles. The highest BCUT2D eigenvalue weighted by molar-refractivity contribution is 5.79. The maximum atomic E-state index is 11.5. The fraction of sp³-hybridized carbons (Fsp3) is 0.933. The van der Waals surface area contributed by atoms with Crippen molar-refractivity contribution in [2.45, 2.75) is 51.6 Å². The summed E-state index contributed by atoms with van der Waals surface area (Å²) in [5, 5.41) is 3.25. The molecule has 1 heterocycles. The molecule has 1 saturated heterocycles. The third-order valence-corrected chi connectivity index (χ3v) is 4.18. The molecule has 0 spiro atoms. The summed E-state index contributed by atoms with van der Waals surface area (Å²) >= 11 is 0. The van der Waals surface area contributed by atoms with Gasteiger partial charge in [0.2, 0.25) is 5.91 Å². The van der Waals surface area contributed by atoms with Crippen LogP contribution in [0.5, 0.6) is 0 Å². The first-order valence-electron chi connectivity index (χ1n) is 8.03. The van der Waals surface area contributed by atoms with Crippen molar-refractivity contribution >= 4 is 5.91 Å². The summed E-state index contributed by atoms with van der Waals surface area (Å²) in [5.74, 6) is -0.224. The number of nitrogens with one attached hydrogen (secondary N) is 1. The van der Waals surface area contributed by atoms with Gasteiger partial charge in [0, 0.05) is 19.1 Å². The summed E-state index contributed by atoms with van der Waals surface area (Å²) in [5.41, 5.74) is 5.48. The molecule has 1 fully saturated rings. The van der Waals surface area contributed by atoms with E-state index in [4.69, 9.17) is 5.73 Å². The van der Waals surface area contributed by atoms with Crippen molar-refractivity contribution in [2.75, 3.05) is 39.8 Å². The number of rotatable bonds is 8. The number of nitrogens with zero attached hydrogens (tertiary/aromatic N) is 2. The van der Waals surface area contributed by atoms with E-state index in [2.05, 4.69) is 36.0 Å². The second kappa shape index (κ2) is 9.32. The van der Waals surface area contributed by atoms with Crippen LogP contribution in [0.4, 0.5) is 0 Å². The van der Waals surface area contributed by atoms with Crippen molar-refractivity contribution in [3.8, 4) is 0 Å². The molecule has 5 heteroatoms. The Morgan fingerprint density at radius 2 is 2.15 bits per heavy atom. The molecule has 20 heavy (non-hydrogen) atoms. The van der Waals surface area contributed by atoms with Crippen LogP contribution in [0.25, 0.3) is 0 Å². The lowest BCUT2D eigenvalue weighted by Crippen LogP contribution is -2.46. The number of likely N-dealkylation sites (N-methyl/N-ethyl adjacent to an activating group) is 1. The Bertz CT molecular complexity index is 285. The van der Waals surface area contributed by atoms with Crippen molar-refractivity contribution in [1.29, 1.82) is 0 Å². The minimum absolute atomic E-state index is 0.187. The van der Waals surface area contributed by atoms with E-state index in [1.54, 1.807) is 0 Å². The summed E-state index contributed by atoms with van der Waals surface area (Å²) in [6.07, 6.45) is 4.20. The van der Waals surface area contributed by atoms with Gasteiger partial charge in [0.1, 0.15) is 0 Å². The zero-order valence-electron chi connectivity index (χ0n) is 13.4. The average Bonchev–Trinajstić information content (AvgIpc) is 2.59. The molecule has 3 N–H and O–H groups in total. The van der Waals surface area contributed by atoms with Gasteiger partial charge in [-0.1, -0.05) is 13.8 Å². The third kappa shape index (κ3) is 5.77. The second-order valence-corrected chi connectivity index (χ2v) is 5.91. The van der Waals surface area contributed by atoms with Crippen LogP contribution in [0.1, 0.15) is 39.5 Å². The topological polar surface area (TPSA) is 61.6 Å². The summed E-state index contributed by atoms with van der Waals surface area (Å²) in [7, 11) is 2.20. The molecule has 118 valence electrons. The highest BCUT2D eigenvalue weighted by atomic mass is 16.1. The van der Waals surface area contributed by atoms with E-state index < -0.39 is 0 Å². The molecular weight excluding hydrogens is 252 g/mol. The Morgan fingerprint density at radius 1 is 1.40 bits per heavy atom. The SMILES string of the molecule is CCCNC(CCN1CCCN(C)CC1CC)C(N)=O. The predicted molar refractivity (Wildman–Crippen MR) is 83.7 cm³/mol. The molecule has 1 aliphatic heterocycles. The zero-order chi connectivity index (χ0) is 15.0. The van der Waals surface area contributed by atoms with E-state index in [9.17, 15) is 4.79 Å². The number of carbonyl (C=O) groups is 1. The number of primary amides is 1. The van der Waals surface area contributed by atoms with E-state index >= 15 is 0 Å². The van der Waals surface area contributed by atoms with E-state index in [1.165, 1.54) is 13.0 Å². The normalized spacial score (nSPS) is 23.4. The van der Waals surface area contributed by atoms with E-state index in [1.807, 2.05) is 0 Å². The lowest BCUT2D eigenvalue weighted by atomic mass is 10.1. The Hall–Kier alpha value is -0.650. The van der Waals surface area contributed by atoms with Crippen LogP contribution in [0.3, 0.4) is 0 Å². The van der Waals surface area contributed by atoms with Gasteiger partial charge in [-0.3, -0.25) is 9.69 Å². The highest BCUT2D eigenvalue weighted by Crippen LogP contribution is 2.13. The van der Waals surface area contributed by atoms with Crippen LogP contribution in [0.2, 0.25) is 0 Å². The molecule has 1 aliphatic rings. The van der Waals surface area contributed by atoms with Gasteiger partial charge in [0.25, 0.3) is 0 Å². The molecular formula is C15H32N4O. The first-order valence-corrected chi connectivity index (χ1v) is 8.03. The monoisotopic (exact) mass is 284 g/mol. The van der Waals surface area contributed by atoms with Crippen molar-refractivity contribution < 1.29 is 4.79 Å². The summed E-state index contributed by atoms with van der Waals surface area (Å²) in [4.78, 5) is 16.4. The largest absolute Gasteiger partial charge is 0.368 e. The first kappa shape index (κ1) is 17.4. The maximum absolute atomic E-state index is 11.5. The van der Waals surface area contributed by atoms with Crippen LogP contribution in [0.15, 0.2) is 0 Å². The van der Waals surface area contributed by atoms with E-state index in [-0.39, 0.29) is 11.9 Å². The number of carbonyl (C=O) groups excluding carboxylic acids is 1. The van der Waals surface area contributed by atoms with Gasteiger partial charge >= 0.3 is 0 Å². The third-order valence-electron chi connectivity index (χ3n) is 4.18. The van der Waals surface area contributed by atoms with Crippen molar-refractivity contribution in [1.82, 2.24) is 15.1 Å². The molecule has 0 aromatic rings. The molecule has 0 aliphatic carbocycles. The number of amides is 1. The molecule has 2 unspecified atom stereocenters. The number of hydrogen-bond donors (Lipinski definition) is 2. The Kier molecular flexibility index (Phi) is 8.11. The van der Waals surface area contributed by atoms with Crippen LogP contribution in [-0.2, 0) is 4.79 Å². The van der Waals surface area contributed by atoms with Crippen molar-refractivity contribution in [2.24, 2.45) is 5.73 Å². The van der Waals surface area contributed by atoms with Gasteiger partial charge in [-0.15, -0.1) is 0 Å². The standard InChI is InChI=1S/C15H32N4O/c1-4-8-17-14(15(16)20)7-11-19-10-6-9-18(3)12-13(19)5-2/h13-14,17H,4-12H2,1-3H3,(H2,16,20). The molecule has 0 bridgehead atoms. The fourth-order valence-electron chi connectivity index (χ4n) is 2.93. The number of hydrogen-bond acceptors (Lipinski definition) is 4. The molecule has 5 nitrogen and oxygen atoms in total. The van der Waals surface area contributed by atoms with Crippen LogP contribution < -0.4 is 11.1 Å². The quantitative estimate of drug-likeness (QED) is 0.687. The minimum Gasteiger partial charge on any atom is -0.368 e. The lowest BCUT2D eigenvalue weighted by Gasteiger charge is -2.31. The van der Waals surface area contributed by atoms with Gasteiger partial charge in [-0.2, -0.15) is 0 Å². The minimum atomic E-state index is -0.224. The summed E-state index contributed by atoms with van der Waals surface area (Å²) in [6.45, 7) is 9.58. The van der Waals surface area contributed by atoms with Crippen LogP contribution in [0, 0.1) is 0 Å². The Labute approximate surface area is 123 Å². The summed E-state index contributed by atoms with van der Waals surface area (Å²) < 4.78 is 0. The smallest absolute Gasteiger partial charge is 0.234 e. The molecule has 1 rings (SSSR count). The zero-order valence-corrected chi connectivity index (χ0v) is 13.4. The molecule has 0 radical (unpaired) electrons. The predicted octanol–water partition coefficient (Wildman–Crippen LogP) is 0.646. The molecule has 2 atom stereocenters. The Morgan fingerprint density at radius 3 is 2.75 bits per heavy atom.